The number of carbonyl (C=O) groups is 1. The Balaban J connectivity index is 1.29. The molecule has 1 aliphatic heterocycles. The molecule has 5 heteroatoms. The molecular formula is C32H31ClN2O2. The summed E-state index contributed by atoms with van der Waals surface area (Å²) in [6.07, 6.45) is 0.695. The lowest BCUT2D eigenvalue weighted by Crippen LogP contribution is -2.46. The lowest BCUT2D eigenvalue weighted by molar-refractivity contribution is 0.0599. The van der Waals surface area contributed by atoms with Crippen LogP contribution in [0.1, 0.15) is 27.0 Å². The average Bonchev–Trinajstić information content (AvgIpc) is 2.94. The number of piperazine rings is 1. The van der Waals surface area contributed by atoms with Gasteiger partial charge in [-0.05, 0) is 64.6 Å². The molecule has 188 valence electrons. The molecule has 0 aliphatic carbocycles. The number of rotatable bonds is 7. The zero-order valence-corrected chi connectivity index (χ0v) is 21.8. The minimum atomic E-state index is -0.290. The van der Waals surface area contributed by atoms with Gasteiger partial charge in [0.15, 0.2) is 0 Å². The summed E-state index contributed by atoms with van der Waals surface area (Å²) in [5, 5.41) is 0.754. The van der Waals surface area contributed by atoms with Gasteiger partial charge >= 0.3 is 5.97 Å². The summed E-state index contributed by atoms with van der Waals surface area (Å²) in [5.74, 6) is -0.290. The summed E-state index contributed by atoms with van der Waals surface area (Å²) < 4.78 is 5.05. The van der Waals surface area contributed by atoms with Crippen LogP contribution < -0.4 is 4.90 Å². The molecule has 0 aromatic heterocycles. The minimum Gasteiger partial charge on any atom is -0.465 e. The van der Waals surface area contributed by atoms with Crippen molar-refractivity contribution in [2.45, 2.75) is 13.0 Å². The number of nitrogens with zero attached hydrogens (tertiary/aromatic N) is 2. The topological polar surface area (TPSA) is 32.8 Å². The van der Waals surface area contributed by atoms with E-state index in [1.54, 1.807) is 0 Å². The van der Waals surface area contributed by atoms with Crippen molar-refractivity contribution in [3.05, 3.63) is 124 Å². The Kier molecular flexibility index (Phi) is 7.88. The minimum absolute atomic E-state index is 0.290. The molecule has 5 rings (SSSR count). The molecule has 1 heterocycles. The molecule has 0 bridgehead atoms. The van der Waals surface area contributed by atoms with Crippen LogP contribution in [0.5, 0.6) is 0 Å². The first-order chi connectivity index (χ1) is 18.1. The quantitative estimate of drug-likeness (QED) is 0.259. The maximum Gasteiger partial charge on any atom is 0.338 e. The third-order valence-corrected chi connectivity index (χ3v) is 7.29. The standard InChI is InChI=1S/C32H31ClN2O2/c1-37-32(36)31-16-15-29(22-27(31)21-24-7-3-2-4-8-24)35-19-17-34(18-20-35)23-26-9-5-6-10-30(26)25-11-13-28(33)14-12-25/h2-16,22H,17-21,23H2,1H3. The molecule has 4 aromatic carbocycles. The van der Waals surface area contributed by atoms with E-state index in [0.29, 0.717) is 12.0 Å². The summed E-state index contributed by atoms with van der Waals surface area (Å²) in [5.41, 5.74) is 7.72. The number of benzene rings is 4. The van der Waals surface area contributed by atoms with Gasteiger partial charge in [-0.1, -0.05) is 78.3 Å². The van der Waals surface area contributed by atoms with Gasteiger partial charge in [-0.3, -0.25) is 4.90 Å². The van der Waals surface area contributed by atoms with E-state index in [4.69, 9.17) is 16.3 Å². The molecule has 0 saturated carbocycles. The van der Waals surface area contributed by atoms with E-state index < -0.39 is 0 Å². The molecule has 0 N–H and O–H groups in total. The van der Waals surface area contributed by atoms with Crippen molar-refractivity contribution in [1.29, 1.82) is 0 Å². The van der Waals surface area contributed by atoms with Crippen molar-refractivity contribution in [3.8, 4) is 11.1 Å². The van der Waals surface area contributed by atoms with Crippen LogP contribution in [-0.4, -0.2) is 44.2 Å². The second kappa shape index (κ2) is 11.6. The third-order valence-electron chi connectivity index (χ3n) is 7.04. The van der Waals surface area contributed by atoms with Gasteiger partial charge in [0, 0.05) is 43.4 Å². The molecule has 1 fully saturated rings. The number of hydrogen-bond donors (Lipinski definition) is 0. The van der Waals surface area contributed by atoms with E-state index in [1.165, 1.54) is 29.4 Å². The number of hydrogen-bond acceptors (Lipinski definition) is 4. The Labute approximate surface area is 224 Å². The van der Waals surface area contributed by atoms with Crippen LogP contribution >= 0.6 is 11.6 Å². The number of ether oxygens (including phenoxy) is 1. The Morgan fingerprint density at radius 2 is 1.51 bits per heavy atom. The SMILES string of the molecule is COC(=O)c1ccc(N2CCN(Cc3ccccc3-c3ccc(Cl)cc3)CC2)cc1Cc1ccccc1. The van der Waals surface area contributed by atoms with E-state index in [0.717, 1.165) is 49.0 Å². The van der Waals surface area contributed by atoms with Crippen LogP contribution in [0, 0.1) is 0 Å². The first kappa shape index (κ1) is 25.1. The van der Waals surface area contributed by atoms with E-state index in [9.17, 15) is 4.79 Å². The van der Waals surface area contributed by atoms with Gasteiger partial charge in [-0.2, -0.15) is 0 Å². The second-order valence-electron chi connectivity index (χ2n) is 9.42. The Morgan fingerprint density at radius 3 is 2.24 bits per heavy atom. The fraction of sp³-hybridized carbons (Fsp3) is 0.219. The normalized spacial score (nSPS) is 13.9. The second-order valence-corrected chi connectivity index (χ2v) is 9.86. The highest BCUT2D eigenvalue weighted by Crippen LogP contribution is 2.28. The largest absolute Gasteiger partial charge is 0.465 e. The Morgan fingerprint density at radius 1 is 0.811 bits per heavy atom. The van der Waals surface area contributed by atoms with Gasteiger partial charge in [0.25, 0.3) is 0 Å². The molecule has 0 atom stereocenters. The van der Waals surface area contributed by atoms with E-state index in [1.807, 2.05) is 42.5 Å². The predicted molar refractivity (Wildman–Crippen MR) is 151 cm³/mol. The summed E-state index contributed by atoms with van der Waals surface area (Å²) >= 11 is 6.10. The van der Waals surface area contributed by atoms with E-state index >= 15 is 0 Å². The van der Waals surface area contributed by atoms with Gasteiger partial charge in [-0.15, -0.1) is 0 Å². The molecule has 1 aliphatic rings. The van der Waals surface area contributed by atoms with Crippen LogP contribution in [0.25, 0.3) is 11.1 Å². The molecule has 4 aromatic rings. The maximum atomic E-state index is 12.4. The first-order valence-corrected chi connectivity index (χ1v) is 13.0. The number of halogens is 1. The molecule has 0 unspecified atom stereocenters. The van der Waals surface area contributed by atoms with E-state index in [-0.39, 0.29) is 5.97 Å². The maximum absolute atomic E-state index is 12.4. The van der Waals surface area contributed by atoms with Crippen molar-refractivity contribution in [2.24, 2.45) is 0 Å². The lowest BCUT2D eigenvalue weighted by atomic mass is 9.98. The van der Waals surface area contributed by atoms with Crippen LogP contribution in [-0.2, 0) is 17.7 Å². The van der Waals surface area contributed by atoms with Crippen molar-refractivity contribution in [3.63, 3.8) is 0 Å². The van der Waals surface area contributed by atoms with Crippen LogP contribution in [0.4, 0.5) is 5.69 Å². The van der Waals surface area contributed by atoms with Crippen LogP contribution in [0.2, 0.25) is 5.02 Å². The fourth-order valence-electron chi connectivity index (χ4n) is 5.02. The summed E-state index contributed by atoms with van der Waals surface area (Å²) in [6.45, 7) is 4.73. The molecule has 0 spiro atoms. The molecule has 1 saturated heterocycles. The molecule has 4 nitrogen and oxygen atoms in total. The van der Waals surface area contributed by atoms with Crippen LogP contribution in [0.3, 0.4) is 0 Å². The van der Waals surface area contributed by atoms with Crippen molar-refractivity contribution in [1.82, 2.24) is 4.90 Å². The van der Waals surface area contributed by atoms with Crippen LogP contribution in [0.15, 0.2) is 97.1 Å². The van der Waals surface area contributed by atoms with Gasteiger partial charge in [-0.25, -0.2) is 4.79 Å². The van der Waals surface area contributed by atoms with Gasteiger partial charge < -0.3 is 9.64 Å². The summed E-state index contributed by atoms with van der Waals surface area (Å²) in [6, 6.07) is 33.1. The predicted octanol–water partition coefficient (Wildman–Crippen LogP) is 6.71. The van der Waals surface area contributed by atoms with Gasteiger partial charge in [0.05, 0.1) is 12.7 Å². The zero-order chi connectivity index (χ0) is 25.6. The molecule has 0 amide bonds. The highest BCUT2D eigenvalue weighted by Gasteiger charge is 2.21. The first-order valence-electron chi connectivity index (χ1n) is 12.7. The van der Waals surface area contributed by atoms with Crippen molar-refractivity contribution >= 4 is 23.3 Å². The summed E-state index contributed by atoms with van der Waals surface area (Å²) in [7, 11) is 1.44. The van der Waals surface area contributed by atoms with E-state index in [2.05, 4.69) is 64.4 Å². The Bertz CT molecular complexity index is 1350. The highest BCUT2D eigenvalue weighted by molar-refractivity contribution is 6.30. The fourth-order valence-corrected chi connectivity index (χ4v) is 5.15. The lowest BCUT2D eigenvalue weighted by Gasteiger charge is -2.36. The number of carbonyl (C=O) groups excluding carboxylic acids is 1. The zero-order valence-electron chi connectivity index (χ0n) is 21.1. The van der Waals surface area contributed by atoms with Gasteiger partial charge in [0.2, 0.25) is 0 Å². The van der Waals surface area contributed by atoms with Gasteiger partial charge in [0.1, 0.15) is 0 Å². The van der Waals surface area contributed by atoms with Crippen molar-refractivity contribution < 1.29 is 9.53 Å². The Hall–Kier alpha value is -3.60. The average molecular weight is 511 g/mol. The monoisotopic (exact) mass is 510 g/mol. The number of esters is 1. The number of methoxy groups -OCH3 is 1. The smallest absolute Gasteiger partial charge is 0.338 e. The molecular weight excluding hydrogens is 480 g/mol. The molecule has 37 heavy (non-hydrogen) atoms. The number of anilines is 1. The summed E-state index contributed by atoms with van der Waals surface area (Å²) in [4.78, 5) is 17.4. The van der Waals surface area contributed by atoms with Crippen molar-refractivity contribution in [2.75, 3.05) is 38.2 Å². The molecule has 0 radical (unpaired) electrons. The third kappa shape index (κ3) is 6.04. The highest BCUT2D eigenvalue weighted by atomic mass is 35.5.